The topological polar surface area (TPSA) is 43.4 Å². The summed E-state index contributed by atoms with van der Waals surface area (Å²) >= 11 is 0. The Morgan fingerprint density at radius 3 is 2.90 bits per heavy atom. The van der Waals surface area contributed by atoms with E-state index in [1.54, 1.807) is 5.94 Å². The average Bonchev–Trinajstić information content (AvgIpc) is 1.98. The van der Waals surface area contributed by atoms with Crippen LogP contribution in [0.5, 0.6) is 0 Å². The number of methoxy groups -OCH3 is 1. The Morgan fingerprint density at radius 2 is 2.40 bits per heavy atom. The summed E-state index contributed by atoms with van der Waals surface area (Å²) in [7, 11) is 1.35. The average molecular weight is 142 g/mol. The van der Waals surface area contributed by atoms with Crippen molar-refractivity contribution in [1.82, 2.24) is 0 Å². The molecule has 0 aliphatic heterocycles. The van der Waals surface area contributed by atoms with Crippen LogP contribution in [0.2, 0.25) is 0 Å². The maximum absolute atomic E-state index is 10.4. The van der Waals surface area contributed by atoms with Gasteiger partial charge in [-0.1, -0.05) is 0 Å². The molecule has 0 heterocycles. The molecule has 10 heavy (non-hydrogen) atoms. The van der Waals surface area contributed by atoms with Crippen LogP contribution in [0.1, 0.15) is 19.3 Å². The molecule has 0 saturated carbocycles. The van der Waals surface area contributed by atoms with Crippen molar-refractivity contribution in [3.05, 3.63) is 6.08 Å². The van der Waals surface area contributed by atoms with Crippen LogP contribution >= 0.6 is 0 Å². The van der Waals surface area contributed by atoms with E-state index >= 15 is 0 Å². The number of hydrogen-bond donors (Lipinski definition) is 0. The van der Waals surface area contributed by atoms with Gasteiger partial charge in [-0.05, 0) is 18.9 Å². The van der Waals surface area contributed by atoms with E-state index in [1.807, 2.05) is 0 Å². The number of unbranched alkanes of at least 4 members (excludes halogenated alkanes) is 1. The van der Waals surface area contributed by atoms with Crippen LogP contribution in [0.25, 0.3) is 0 Å². The molecule has 0 aromatic heterocycles. The highest BCUT2D eigenvalue weighted by Crippen LogP contribution is 1.95. The zero-order valence-electron chi connectivity index (χ0n) is 5.92. The number of esters is 1. The maximum Gasteiger partial charge on any atom is 0.305 e. The van der Waals surface area contributed by atoms with Gasteiger partial charge < -0.3 is 4.74 Å². The first-order valence-corrected chi connectivity index (χ1v) is 3.07. The van der Waals surface area contributed by atoms with Crippen molar-refractivity contribution in [3.63, 3.8) is 0 Å². The van der Waals surface area contributed by atoms with Crippen LogP contribution in [-0.2, 0) is 14.3 Å². The molecule has 0 aromatic rings. The molecule has 56 valence electrons. The number of ether oxygens (including phenoxy) is 1. The van der Waals surface area contributed by atoms with E-state index < -0.39 is 0 Å². The van der Waals surface area contributed by atoms with Crippen molar-refractivity contribution in [1.29, 1.82) is 0 Å². The number of rotatable bonds is 4. The minimum absolute atomic E-state index is 0.237. The Labute approximate surface area is 59.7 Å². The number of carbonyl (C=O) groups is 1. The predicted molar refractivity (Wildman–Crippen MR) is 36.1 cm³/mol. The van der Waals surface area contributed by atoms with Gasteiger partial charge in [-0.3, -0.25) is 4.79 Å². The van der Waals surface area contributed by atoms with E-state index in [9.17, 15) is 9.59 Å². The minimum atomic E-state index is -0.237. The molecule has 0 N–H and O–H groups in total. The summed E-state index contributed by atoms with van der Waals surface area (Å²) in [6, 6.07) is 0. The van der Waals surface area contributed by atoms with Crippen LogP contribution in [0.15, 0.2) is 6.08 Å². The second-order valence-electron chi connectivity index (χ2n) is 1.79. The number of carbonyl (C=O) groups excluding carboxylic acids is 2. The van der Waals surface area contributed by atoms with Crippen molar-refractivity contribution in [2.75, 3.05) is 7.11 Å². The Balaban J connectivity index is 3.19. The predicted octanol–water partition coefficient (Wildman–Crippen LogP) is 0.717. The lowest BCUT2D eigenvalue weighted by atomic mass is 10.2. The molecule has 0 aliphatic rings. The van der Waals surface area contributed by atoms with E-state index in [0.717, 1.165) is 0 Å². The molecule has 0 spiro atoms. The molecule has 0 radical (unpaired) electrons. The fourth-order valence-corrected chi connectivity index (χ4v) is 0.509. The monoisotopic (exact) mass is 142 g/mol. The lowest BCUT2D eigenvalue weighted by Gasteiger charge is -1.93. The summed E-state index contributed by atoms with van der Waals surface area (Å²) in [4.78, 5) is 20.1. The van der Waals surface area contributed by atoms with Crippen LogP contribution < -0.4 is 0 Å². The van der Waals surface area contributed by atoms with E-state index in [-0.39, 0.29) is 5.97 Å². The number of allylic oxidation sites excluding steroid dienone is 1. The van der Waals surface area contributed by atoms with Gasteiger partial charge in [0.05, 0.1) is 7.11 Å². The Kier molecular flexibility index (Phi) is 5.39. The van der Waals surface area contributed by atoms with Gasteiger partial charge >= 0.3 is 5.97 Å². The highest BCUT2D eigenvalue weighted by atomic mass is 16.5. The first kappa shape index (κ1) is 8.92. The molecule has 0 rings (SSSR count). The molecule has 0 saturated heterocycles. The van der Waals surface area contributed by atoms with Gasteiger partial charge in [-0.25, -0.2) is 4.79 Å². The summed E-state index contributed by atoms with van der Waals surface area (Å²) in [6.07, 6.45) is 2.98. The molecule has 0 bridgehead atoms. The largest absolute Gasteiger partial charge is 0.469 e. The molecule has 0 amide bonds. The molecular formula is C7H10O3. The van der Waals surface area contributed by atoms with Gasteiger partial charge in [0.15, 0.2) is 0 Å². The van der Waals surface area contributed by atoms with Crippen LogP contribution in [-0.4, -0.2) is 19.0 Å². The van der Waals surface area contributed by atoms with Gasteiger partial charge in [-0.2, -0.15) is 0 Å². The normalized spacial score (nSPS) is 8.10. The van der Waals surface area contributed by atoms with Crippen molar-refractivity contribution in [2.24, 2.45) is 0 Å². The van der Waals surface area contributed by atoms with E-state index in [2.05, 4.69) is 4.74 Å². The van der Waals surface area contributed by atoms with Crippen molar-refractivity contribution in [3.8, 4) is 0 Å². The zero-order valence-corrected chi connectivity index (χ0v) is 5.92. The minimum Gasteiger partial charge on any atom is -0.469 e. The van der Waals surface area contributed by atoms with E-state index in [1.165, 1.54) is 13.2 Å². The SMILES string of the molecule is COC(=O)CCCC=C=O. The molecule has 0 aliphatic carbocycles. The zero-order chi connectivity index (χ0) is 7.82. The van der Waals surface area contributed by atoms with Crippen molar-refractivity contribution < 1.29 is 14.3 Å². The lowest BCUT2D eigenvalue weighted by molar-refractivity contribution is -0.140. The van der Waals surface area contributed by atoms with Gasteiger partial charge in [-0.15, -0.1) is 0 Å². The Bertz CT molecular complexity index is 145. The first-order chi connectivity index (χ1) is 4.81. The quantitative estimate of drug-likeness (QED) is 0.330. The van der Waals surface area contributed by atoms with Gasteiger partial charge in [0.25, 0.3) is 0 Å². The Hall–Kier alpha value is -1.08. The summed E-state index contributed by atoms with van der Waals surface area (Å²) in [5.74, 6) is 1.40. The van der Waals surface area contributed by atoms with Gasteiger partial charge in [0, 0.05) is 6.42 Å². The van der Waals surface area contributed by atoms with Crippen LogP contribution in [0.4, 0.5) is 0 Å². The number of hydrogen-bond acceptors (Lipinski definition) is 3. The molecule has 0 fully saturated rings. The first-order valence-electron chi connectivity index (χ1n) is 3.07. The van der Waals surface area contributed by atoms with E-state index in [0.29, 0.717) is 19.3 Å². The molecule has 3 nitrogen and oxygen atoms in total. The van der Waals surface area contributed by atoms with E-state index in [4.69, 9.17) is 0 Å². The van der Waals surface area contributed by atoms with Crippen molar-refractivity contribution >= 4 is 11.9 Å². The van der Waals surface area contributed by atoms with Crippen molar-refractivity contribution in [2.45, 2.75) is 19.3 Å². The molecule has 0 atom stereocenters. The molecular weight excluding hydrogens is 132 g/mol. The smallest absolute Gasteiger partial charge is 0.305 e. The fraction of sp³-hybridized carbons (Fsp3) is 0.571. The summed E-state index contributed by atoms with van der Waals surface area (Å²) in [6.45, 7) is 0. The lowest BCUT2D eigenvalue weighted by Crippen LogP contribution is -1.98. The summed E-state index contributed by atoms with van der Waals surface area (Å²) in [5, 5.41) is 0. The van der Waals surface area contributed by atoms with Crippen LogP contribution in [0.3, 0.4) is 0 Å². The molecule has 0 unspecified atom stereocenters. The van der Waals surface area contributed by atoms with Gasteiger partial charge in [0.2, 0.25) is 0 Å². The highest BCUT2D eigenvalue weighted by molar-refractivity contribution is 5.69. The summed E-state index contributed by atoms with van der Waals surface area (Å²) < 4.78 is 4.38. The maximum atomic E-state index is 10.4. The third-order valence-corrected chi connectivity index (χ3v) is 1.04. The Morgan fingerprint density at radius 1 is 1.70 bits per heavy atom. The van der Waals surface area contributed by atoms with Crippen LogP contribution in [0, 0.1) is 0 Å². The molecule has 3 heteroatoms. The highest BCUT2D eigenvalue weighted by Gasteiger charge is 1.96. The summed E-state index contributed by atoms with van der Waals surface area (Å²) in [5.41, 5.74) is 0. The second-order valence-corrected chi connectivity index (χ2v) is 1.79. The third-order valence-electron chi connectivity index (χ3n) is 1.04. The van der Waals surface area contributed by atoms with Gasteiger partial charge in [0.1, 0.15) is 5.94 Å². The molecule has 0 aromatic carbocycles. The standard InChI is InChI=1S/C7H10O3/c1-10-7(9)5-3-2-4-6-8/h4H,2-3,5H2,1H3. The fourth-order valence-electron chi connectivity index (χ4n) is 0.509. The second kappa shape index (κ2) is 6.05. The third kappa shape index (κ3) is 5.06.